The van der Waals surface area contributed by atoms with E-state index < -0.39 is 22.7 Å². The molecule has 1 heterocycles. The van der Waals surface area contributed by atoms with Crippen molar-refractivity contribution in [1.82, 2.24) is 5.32 Å². The lowest BCUT2D eigenvalue weighted by Crippen LogP contribution is -2.44. The highest BCUT2D eigenvalue weighted by atomic mass is 19.2. The number of halogens is 2. The molecule has 2 aromatic rings. The molecule has 0 aromatic heterocycles. The van der Waals surface area contributed by atoms with Crippen molar-refractivity contribution in [2.75, 3.05) is 6.54 Å². The van der Waals surface area contributed by atoms with Gasteiger partial charge in [-0.15, -0.1) is 0 Å². The van der Waals surface area contributed by atoms with Crippen LogP contribution in [0.25, 0.3) is 0 Å². The van der Waals surface area contributed by atoms with Crippen molar-refractivity contribution in [3.8, 4) is 0 Å². The number of fused-ring (bicyclic) bond motifs is 3. The van der Waals surface area contributed by atoms with E-state index in [0.717, 1.165) is 23.1 Å². The first-order valence-electron chi connectivity index (χ1n) is 13.3. The number of nitrogens with zero attached hydrogens (tertiary/aromatic N) is 1. The number of benzene rings is 2. The molecule has 1 aliphatic heterocycles. The Morgan fingerprint density at radius 3 is 2.76 bits per heavy atom. The third-order valence-corrected chi connectivity index (χ3v) is 9.27. The van der Waals surface area contributed by atoms with Crippen LogP contribution in [0.15, 0.2) is 70.3 Å². The molecule has 37 heavy (non-hydrogen) atoms. The van der Waals surface area contributed by atoms with Crippen molar-refractivity contribution in [3.63, 3.8) is 0 Å². The monoisotopic (exact) mass is 502 g/mol. The number of carbonyl (C=O) groups excluding carboxylic acids is 1. The number of rotatable bonds is 6. The van der Waals surface area contributed by atoms with E-state index in [2.05, 4.69) is 18.3 Å². The van der Waals surface area contributed by atoms with Crippen LogP contribution in [-0.2, 0) is 6.42 Å². The minimum absolute atomic E-state index is 0.0612. The fraction of sp³-hybridized carbons (Fsp3) is 0.419. The van der Waals surface area contributed by atoms with Gasteiger partial charge in [-0.2, -0.15) is 0 Å². The summed E-state index contributed by atoms with van der Waals surface area (Å²) in [5, 5.41) is 14.9. The van der Waals surface area contributed by atoms with E-state index >= 15 is 0 Å². The van der Waals surface area contributed by atoms with E-state index in [1.54, 1.807) is 6.07 Å². The second-order valence-electron chi connectivity index (χ2n) is 11.2. The molecular weight excluding hydrogens is 470 g/mol. The molecule has 5 atom stereocenters. The molecule has 6 rings (SSSR count). The number of hydrogen-bond donors (Lipinski definition) is 2. The van der Waals surface area contributed by atoms with Crippen LogP contribution >= 0.6 is 0 Å². The molecule has 192 valence electrons. The Kier molecular flexibility index (Phi) is 5.72. The van der Waals surface area contributed by atoms with Crippen LogP contribution < -0.4 is 5.32 Å². The summed E-state index contributed by atoms with van der Waals surface area (Å²) in [4.78, 5) is 17.3. The number of nitrogens with one attached hydrogen (secondary N) is 1. The molecule has 6 heteroatoms. The Hall–Kier alpha value is -3.12. The largest absolute Gasteiger partial charge is 0.389 e. The number of hydrogen-bond acceptors (Lipinski definition) is 3. The van der Waals surface area contributed by atoms with Crippen LogP contribution in [0.2, 0.25) is 0 Å². The first-order chi connectivity index (χ1) is 17.8. The molecule has 5 unspecified atom stereocenters. The maximum atomic E-state index is 13.9. The van der Waals surface area contributed by atoms with E-state index in [1.807, 2.05) is 37.4 Å². The minimum atomic E-state index is -0.889. The quantitative estimate of drug-likeness (QED) is 0.535. The second-order valence-corrected chi connectivity index (χ2v) is 11.2. The van der Waals surface area contributed by atoms with E-state index in [4.69, 9.17) is 4.99 Å². The molecule has 0 radical (unpaired) electrons. The first-order valence-corrected chi connectivity index (χ1v) is 13.3. The standard InChI is InChI=1S/C31H32F2N2O2/c1-3-34-29(36)22-7-5-4-6-18(22)10-12-31(37)13-11-21-15-23-20(16-30(21,31)2)17-35-28-26(27(23)28)19-8-9-24(32)25(33)14-19/h4-9,14-15,17,26-28,37H,3,10-13,16H2,1-2H3,(H,34,36). The van der Waals surface area contributed by atoms with Gasteiger partial charge in [0.1, 0.15) is 0 Å². The maximum absolute atomic E-state index is 13.9. The summed E-state index contributed by atoms with van der Waals surface area (Å²) >= 11 is 0. The van der Waals surface area contributed by atoms with Gasteiger partial charge in [0.2, 0.25) is 0 Å². The highest BCUT2D eigenvalue weighted by Gasteiger charge is 2.59. The number of aliphatic imine (C=N–C) groups is 1. The highest BCUT2D eigenvalue weighted by Crippen LogP contribution is 2.63. The van der Waals surface area contributed by atoms with E-state index in [-0.39, 0.29) is 23.8 Å². The Labute approximate surface area is 216 Å². The molecular formula is C31H32F2N2O2. The lowest BCUT2D eigenvalue weighted by Gasteiger charge is -2.44. The van der Waals surface area contributed by atoms with Crippen LogP contribution in [0.3, 0.4) is 0 Å². The number of aliphatic hydroxyl groups is 1. The average molecular weight is 503 g/mol. The van der Waals surface area contributed by atoms with Gasteiger partial charge in [-0.05, 0) is 79.5 Å². The van der Waals surface area contributed by atoms with Crippen LogP contribution in [0, 0.1) is 23.0 Å². The van der Waals surface area contributed by atoms with Gasteiger partial charge in [-0.25, -0.2) is 8.78 Å². The second kappa shape index (κ2) is 8.73. The zero-order valence-corrected chi connectivity index (χ0v) is 21.2. The lowest BCUT2D eigenvalue weighted by molar-refractivity contribution is -0.0460. The topological polar surface area (TPSA) is 61.7 Å². The molecule has 2 aromatic carbocycles. The molecule has 0 spiro atoms. The summed E-state index contributed by atoms with van der Waals surface area (Å²) in [5.74, 6) is -1.48. The summed E-state index contributed by atoms with van der Waals surface area (Å²) in [5.41, 5.74) is 4.76. The van der Waals surface area contributed by atoms with E-state index in [1.165, 1.54) is 23.3 Å². The van der Waals surface area contributed by atoms with Crippen LogP contribution in [0.1, 0.15) is 66.9 Å². The molecule has 3 aliphatic carbocycles. The number of carbonyl (C=O) groups is 1. The van der Waals surface area contributed by atoms with E-state index in [0.29, 0.717) is 37.8 Å². The number of amides is 1. The van der Waals surface area contributed by atoms with Gasteiger partial charge in [0.15, 0.2) is 11.6 Å². The molecule has 1 amide bonds. The molecule has 2 N–H and O–H groups in total. The van der Waals surface area contributed by atoms with Gasteiger partial charge in [0, 0.05) is 35.6 Å². The molecule has 2 saturated carbocycles. The lowest BCUT2D eigenvalue weighted by atomic mass is 9.64. The average Bonchev–Trinajstić information content (AvgIpc) is 3.57. The summed E-state index contributed by atoms with van der Waals surface area (Å²) in [6.45, 7) is 4.63. The Balaban J connectivity index is 1.23. The zero-order valence-electron chi connectivity index (χ0n) is 21.2. The Morgan fingerprint density at radius 2 is 1.97 bits per heavy atom. The van der Waals surface area contributed by atoms with Gasteiger partial charge in [-0.1, -0.05) is 42.8 Å². The summed E-state index contributed by atoms with van der Waals surface area (Å²) in [7, 11) is 0. The summed E-state index contributed by atoms with van der Waals surface area (Å²) in [6.07, 6.45) is 7.61. The third kappa shape index (κ3) is 3.80. The van der Waals surface area contributed by atoms with Gasteiger partial charge >= 0.3 is 0 Å². The normalized spacial score (nSPS) is 31.4. The van der Waals surface area contributed by atoms with E-state index in [9.17, 15) is 18.7 Å². The van der Waals surface area contributed by atoms with Gasteiger partial charge in [0.25, 0.3) is 5.91 Å². The fourth-order valence-corrected chi connectivity index (χ4v) is 7.01. The van der Waals surface area contributed by atoms with Crippen LogP contribution in [0.4, 0.5) is 8.78 Å². The number of dihydropyridines is 1. The SMILES string of the molecule is CCNC(=O)c1ccccc1CCC1(O)CCC2=CC3=C(C=NC4C3C4c3ccc(F)c(F)c3)CC21C. The van der Waals surface area contributed by atoms with Crippen molar-refractivity contribution in [2.45, 2.75) is 63.5 Å². The smallest absolute Gasteiger partial charge is 0.251 e. The summed E-state index contributed by atoms with van der Waals surface area (Å²) < 4.78 is 27.4. The van der Waals surface area contributed by atoms with Crippen molar-refractivity contribution < 1.29 is 18.7 Å². The number of aryl methyl sites for hydroxylation is 1. The van der Waals surface area contributed by atoms with Gasteiger partial charge in [0.05, 0.1) is 11.6 Å². The first kappa shape index (κ1) is 24.2. The molecule has 2 fully saturated rings. The van der Waals surface area contributed by atoms with Gasteiger partial charge in [-0.3, -0.25) is 9.79 Å². The number of allylic oxidation sites excluding steroid dienone is 2. The van der Waals surface area contributed by atoms with Crippen LogP contribution in [-0.4, -0.2) is 35.4 Å². The Bertz CT molecular complexity index is 1380. The molecule has 4 aliphatic rings. The predicted octanol–water partition coefficient (Wildman–Crippen LogP) is 5.67. The van der Waals surface area contributed by atoms with Crippen molar-refractivity contribution >= 4 is 12.1 Å². The molecule has 0 saturated heterocycles. The van der Waals surface area contributed by atoms with Crippen molar-refractivity contribution in [2.24, 2.45) is 16.3 Å². The Morgan fingerprint density at radius 1 is 1.16 bits per heavy atom. The third-order valence-electron chi connectivity index (χ3n) is 9.27. The molecule has 0 bridgehead atoms. The molecule has 4 nitrogen and oxygen atoms in total. The zero-order chi connectivity index (χ0) is 25.9. The predicted molar refractivity (Wildman–Crippen MR) is 140 cm³/mol. The van der Waals surface area contributed by atoms with Crippen molar-refractivity contribution in [1.29, 1.82) is 0 Å². The van der Waals surface area contributed by atoms with Crippen molar-refractivity contribution in [3.05, 3.63) is 93.6 Å². The highest BCUT2D eigenvalue weighted by molar-refractivity contribution is 5.95. The van der Waals surface area contributed by atoms with Crippen LogP contribution in [0.5, 0.6) is 0 Å². The minimum Gasteiger partial charge on any atom is -0.389 e. The maximum Gasteiger partial charge on any atom is 0.251 e. The van der Waals surface area contributed by atoms with Gasteiger partial charge < -0.3 is 10.4 Å². The summed E-state index contributed by atoms with van der Waals surface area (Å²) in [6, 6.07) is 11.9. The fourth-order valence-electron chi connectivity index (χ4n) is 7.01.